The summed E-state index contributed by atoms with van der Waals surface area (Å²) in [6.07, 6.45) is -4.87. The van der Waals surface area contributed by atoms with E-state index in [4.69, 9.17) is 5.26 Å². The van der Waals surface area contributed by atoms with Crippen molar-refractivity contribution in [3.05, 3.63) is 29.3 Å². The second kappa shape index (κ2) is 5.19. The van der Waals surface area contributed by atoms with Gasteiger partial charge in [-0.25, -0.2) is 0 Å². The molecule has 0 spiro atoms. The Labute approximate surface area is 103 Å². The number of hydrogen-bond acceptors (Lipinski definition) is 3. The number of halogens is 4. The fraction of sp³-hybridized carbons (Fsp3) is 0.200. The first-order valence-electron chi connectivity index (χ1n) is 4.26. The Bertz CT molecular complexity index is 479. The lowest BCUT2D eigenvalue weighted by Gasteiger charge is -2.10. The topological polar surface area (TPSA) is 50.1 Å². The van der Waals surface area contributed by atoms with Gasteiger partial charge in [0.15, 0.2) is 5.78 Å². The normalized spacial score (nSPS) is 10.8. The molecule has 0 atom stereocenters. The van der Waals surface area contributed by atoms with Gasteiger partial charge in [0.1, 0.15) is 11.8 Å². The van der Waals surface area contributed by atoms with E-state index in [9.17, 15) is 18.0 Å². The molecule has 0 bridgehead atoms. The number of alkyl halides is 4. The standard InChI is InChI=1S/C10H5BrF3NO2/c11-4-8(16)6-1-2-9(7(3-6)5-15)17-10(12,13)14/h1-3H,4H2. The van der Waals surface area contributed by atoms with E-state index >= 15 is 0 Å². The van der Waals surface area contributed by atoms with Gasteiger partial charge in [0.2, 0.25) is 0 Å². The average molecular weight is 308 g/mol. The number of nitriles is 1. The second-order valence-corrected chi connectivity index (χ2v) is 3.49. The molecule has 90 valence electrons. The maximum absolute atomic E-state index is 12.0. The number of hydrogen-bond donors (Lipinski definition) is 0. The quantitative estimate of drug-likeness (QED) is 0.637. The van der Waals surface area contributed by atoms with Gasteiger partial charge in [-0.1, -0.05) is 15.9 Å². The predicted molar refractivity (Wildman–Crippen MR) is 56.0 cm³/mol. The first kappa shape index (κ1) is 13.5. The fourth-order valence-electron chi connectivity index (χ4n) is 1.08. The van der Waals surface area contributed by atoms with Crippen molar-refractivity contribution in [2.75, 3.05) is 5.33 Å². The Morgan fingerprint density at radius 2 is 2.12 bits per heavy atom. The number of benzene rings is 1. The Morgan fingerprint density at radius 3 is 2.59 bits per heavy atom. The number of ketones is 1. The summed E-state index contributed by atoms with van der Waals surface area (Å²) in [5.74, 6) is -0.953. The fourth-order valence-corrected chi connectivity index (χ4v) is 1.41. The van der Waals surface area contributed by atoms with Crippen molar-refractivity contribution in [1.29, 1.82) is 5.26 Å². The van der Waals surface area contributed by atoms with Crippen molar-refractivity contribution in [2.45, 2.75) is 6.36 Å². The molecule has 0 unspecified atom stereocenters. The molecule has 1 aromatic carbocycles. The van der Waals surface area contributed by atoms with E-state index in [1.165, 1.54) is 6.07 Å². The third kappa shape index (κ3) is 3.75. The lowest BCUT2D eigenvalue weighted by molar-refractivity contribution is -0.274. The van der Waals surface area contributed by atoms with Crippen molar-refractivity contribution in [3.8, 4) is 11.8 Å². The van der Waals surface area contributed by atoms with Gasteiger partial charge in [0.05, 0.1) is 10.9 Å². The number of carbonyl (C=O) groups is 1. The smallest absolute Gasteiger partial charge is 0.404 e. The van der Waals surface area contributed by atoms with Crippen LogP contribution in [0, 0.1) is 11.3 Å². The van der Waals surface area contributed by atoms with E-state index < -0.39 is 12.1 Å². The summed E-state index contributed by atoms with van der Waals surface area (Å²) in [5, 5.41) is 8.70. The molecule has 0 N–H and O–H groups in total. The van der Waals surface area contributed by atoms with Gasteiger partial charge in [-0.15, -0.1) is 13.2 Å². The van der Waals surface area contributed by atoms with Gasteiger partial charge in [-0.3, -0.25) is 4.79 Å². The minimum atomic E-state index is -4.87. The molecule has 0 aromatic heterocycles. The maximum Gasteiger partial charge on any atom is 0.573 e. The predicted octanol–water partition coefficient (Wildman–Crippen LogP) is 3.03. The molecule has 17 heavy (non-hydrogen) atoms. The number of ether oxygens (including phenoxy) is 1. The molecular weight excluding hydrogens is 303 g/mol. The van der Waals surface area contributed by atoms with E-state index in [1.807, 2.05) is 0 Å². The third-order valence-electron chi connectivity index (χ3n) is 1.77. The SMILES string of the molecule is N#Cc1cc(C(=O)CBr)ccc1OC(F)(F)F. The third-order valence-corrected chi connectivity index (χ3v) is 2.28. The van der Waals surface area contributed by atoms with Gasteiger partial charge in [-0.2, -0.15) is 5.26 Å². The van der Waals surface area contributed by atoms with Crippen LogP contribution in [-0.4, -0.2) is 17.5 Å². The highest BCUT2D eigenvalue weighted by Gasteiger charge is 2.32. The zero-order valence-electron chi connectivity index (χ0n) is 8.21. The minimum absolute atomic E-state index is 0.0251. The molecule has 0 amide bonds. The molecule has 0 heterocycles. The molecule has 0 saturated carbocycles. The Balaban J connectivity index is 3.11. The minimum Gasteiger partial charge on any atom is -0.404 e. The highest BCUT2D eigenvalue weighted by atomic mass is 79.9. The molecule has 0 fully saturated rings. The Morgan fingerprint density at radius 1 is 1.47 bits per heavy atom. The van der Waals surface area contributed by atoms with Crippen molar-refractivity contribution in [2.24, 2.45) is 0 Å². The highest BCUT2D eigenvalue weighted by Crippen LogP contribution is 2.26. The van der Waals surface area contributed by atoms with Crippen LogP contribution in [0.25, 0.3) is 0 Å². The number of nitrogens with zero attached hydrogens (tertiary/aromatic N) is 1. The highest BCUT2D eigenvalue weighted by molar-refractivity contribution is 9.09. The molecule has 7 heteroatoms. The second-order valence-electron chi connectivity index (χ2n) is 2.93. The Kier molecular flexibility index (Phi) is 4.12. The molecule has 0 radical (unpaired) electrons. The summed E-state index contributed by atoms with van der Waals surface area (Å²) in [7, 11) is 0. The molecule has 0 aliphatic carbocycles. The maximum atomic E-state index is 12.0. The molecule has 0 aliphatic heterocycles. The van der Waals surface area contributed by atoms with Crippen LogP contribution in [0.15, 0.2) is 18.2 Å². The van der Waals surface area contributed by atoms with Crippen molar-refractivity contribution >= 4 is 21.7 Å². The average Bonchev–Trinajstić information content (AvgIpc) is 2.26. The largest absolute Gasteiger partial charge is 0.573 e. The molecule has 1 aromatic rings. The first-order valence-corrected chi connectivity index (χ1v) is 5.38. The van der Waals surface area contributed by atoms with Crippen LogP contribution in [0.1, 0.15) is 15.9 Å². The summed E-state index contributed by atoms with van der Waals surface area (Å²) >= 11 is 2.92. The monoisotopic (exact) mass is 307 g/mol. The molecular formula is C10H5BrF3NO2. The molecule has 0 aliphatic rings. The molecule has 1 rings (SSSR count). The number of rotatable bonds is 3. The number of carbonyl (C=O) groups excluding carboxylic acids is 1. The first-order chi connectivity index (χ1) is 7.87. The van der Waals surface area contributed by atoms with Gasteiger partial charge >= 0.3 is 6.36 Å². The van der Waals surface area contributed by atoms with E-state index in [0.717, 1.165) is 12.1 Å². The van der Waals surface area contributed by atoms with Crippen LogP contribution in [0.2, 0.25) is 0 Å². The number of Topliss-reactive ketones (excluding diaryl/α,β-unsaturated/α-hetero) is 1. The Hall–Kier alpha value is -1.55. The van der Waals surface area contributed by atoms with E-state index in [0.29, 0.717) is 0 Å². The summed E-state index contributed by atoms with van der Waals surface area (Å²) in [4.78, 5) is 11.3. The van der Waals surface area contributed by atoms with Crippen molar-refractivity contribution < 1.29 is 22.7 Å². The van der Waals surface area contributed by atoms with E-state index in [2.05, 4.69) is 20.7 Å². The van der Waals surface area contributed by atoms with Crippen LogP contribution >= 0.6 is 15.9 Å². The summed E-state index contributed by atoms with van der Waals surface area (Å²) < 4.78 is 39.6. The van der Waals surface area contributed by atoms with Crippen LogP contribution in [0.3, 0.4) is 0 Å². The van der Waals surface area contributed by atoms with Crippen molar-refractivity contribution in [1.82, 2.24) is 0 Å². The summed E-state index contributed by atoms with van der Waals surface area (Å²) in [6.45, 7) is 0. The van der Waals surface area contributed by atoms with E-state index in [-0.39, 0.29) is 22.2 Å². The van der Waals surface area contributed by atoms with Gasteiger partial charge in [0.25, 0.3) is 0 Å². The van der Waals surface area contributed by atoms with Crippen LogP contribution in [0.5, 0.6) is 5.75 Å². The summed E-state index contributed by atoms with van der Waals surface area (Å²) in [6, 6.07) is 4.72. The van der Waals surface area contributed by atoms with Gasteiger partial charge in [-0.05, 0) is 18.2 Å². The van der Waals surface area contributed by atoms with Crippen LogP contribution in [0.4, 0.5) is 13.2 Å². The summed E-state index contributed by atoms with van der Waals surface area (Å²) in [5.41, 5.74) is -0.193. The van der Waals surface area contributed by atoms with Crippen LogP contribution in [-0.2, 0) is 0 Å². The molecule has 0 saturated heterocycles. The molecule has 3 nitrogen and oxygen atoms in total. The van der Waals surface area contributed by atoms with Crippen LogP contribution < -0.4 is 4.74 Å². The zero-order chi connectivity index (χ0) is 13.1. The van der Waals surface area contributed by atoms with Crippen molar-refractivity contribution in [3.63, 3.8) is 0 Å². The lowest BCUT2D eigenvalue weighted by Crippen LogP contribution is -2.18. The van der Waals surface area contributed by atoms with Gasteiger partial charge in [0, 0.05) is 5.56 Å². The van der Waals surface area contributed by atoms with Gasteiger partial charge < -0.3 is 4.74 Å². The lowest BCUT2D eigenvalue weighted by atomic mass is 10.1. The van der Waals surface area contributed by atoms with E-state index in [1.54, 1.807) is 6.07 Å². The zero-order valence-corrected chi connectivity index (χ0v) is 9.80.